The van der Waals surface area contributed by atoms with Crippen molar-refractivity contribution in [1.29, 1.82) is 0 Å². The van der Waals surface area contributed by atoms with E-state index >= 15 is 0 Å². The Hall–Kier alpha value is -1.42. The van der Waals surface area contributed by atoms with Gasteiger partial charge in [-0.15, -0.1) is 0 Å². The van der Waals surface area contributed by atoms with Crippen LogP contribution in [0.3, 0.4) is 0 Å². The van der Waals surface area contributed by atoms with Crippen molar-refractivity contribution in [2.75, 3.05) is 14.2 Å². The monoisotopic (exact) mass is 280 g/mol. The lowest BCUT2D eigenvalue weighted by atomic mass is 9.79. The zero-order chi connectivity index (χ0) is 14.7. The second kappa shape index (κ2) is 6.35. The summed E-state index contributed by atoms with van der Waals surface area (Å²) in [5, 5.41) is 10.2. The van der Waals surface area contributed by atoms with Crippen LogP contribution in [0.25, 0.3) is 0 Å². The van der Waals surface area contributed by atoms with Crippen molar-refractivity contribution in [3.05, 3.63) is 18.2 Å². The van der Waals surface area contributed by atoms with Gasteiger partial charge in [0.25, 0.3) is 0 Å². The molecule has 0 heterocycles. The molecule has 4 unspecified atom stereocenters. The van der Waals surface area contributed by atoms with Gasteiger partial charge in [-0.2, -0.15) is 0 Å². The van der Waals surface area contributed by atoms with E-state index in [2.05, 4.69) is 13.8 Å². The number of rotatable bonds is 4. The highest BCUT2D eigenvalue weighted by Gasteiger charge is 2.34. The third kappa shape index (κ3) is 3.37. The smallest absolute Gasteiger partial charge is 0.127 e. The first-order valence-electron chi connectivity index (χ1n) is 7.11. The lowest BCUT2D eigenvalue weighted by Gasteiger charge is -2.36. The molecule has 4 atom stereocenters. The van der Waals surface area contributed by atoms with Gasteiger partial charge in [-0.25, -0.2) is 0 Å². The zero-order valence-corrected chi connectivity index (χ0v) is 12.6. The summed E-state index contributed by atoms with van der Waals surface area (Å²) in [6, 6.07) is 5.44. The molecule has 1 aliphatic rings. The fourth-order valence-corrected chi connectivity index (χ4v) is 2.99. The normalized spacial score (nSPS) is 29.9. The van der Waals surface area contributed by atoms with Crippen LogP contribution in [0.4, 0.5) is 0 Å². The van der Waals surface area contributed by atoms with E-state index in [1.807, 2.05) is 12.1 Å². The Bertz CT molecular complexity index is 412. The highest BCUT2D eigenvalue weighted by molar-refractivity contribution is 5.42. The summed E-state index contributed by atoms with van der Waals surface area (Å²) in [6.45, 7) is 4.30. The predicted octanol–water partition coefficient (Wildman–Crippen LogP) is 2.88. The fraction of sp³-hybridized carbons (Fsp3) is 0.625. The van der Waals surface area contributed by atoms with E-state index in [0.717, 1.165) is 12.8 Å². The quantitative estimate of drug-likeness (QED) is 0.921. The summed E-state index contributed by atoms with van der Waals surface area (Å²) >= 11 is 0. The van der Waals surface area contributed by atoms with Crippen LogP contribution < -0.4 is 14.2 Å². The van der Waals surface area contributed by atoms with Crippen molar-refractivity contribution in [3.63, 3.8) is 0 Å². The molecule has 0 aliphatic heterocycles. The van der Waals surface area contributed by atoms with Crippen LogP contribution in [-0.4, -0.2) is 31.5 Å². The second-order valence-electron chi connectivity index (χ2n) is 5.75. The number of benzene rings is 1. The minimum absolute atomic E-state index is 0.178. The number of ether oxygens (including phenoxy) is 3. The van der Waals surface area contributed by atoms with Crippen LogP contribution >= 0.6 is 0 Å². The predicted molar refractivity (Wildman–Crippen MR) is 77.5 cm³/mol. The van der Waals surface area contributed by atoms with E-state index in [1.165, 1.54) is 0 Å². The molecule has 2 rings (SSSR count). The Morgan fingerprint density at radius 3 is 2.00 bits per heavy atom. The summed E-state index contributed by atoms with van der Waals surface area (Å²) in [7, 11) is 3.22. The van der Waals surface area contributed by atoms with Gasteiger partial charge < -0.3 is 19.3 Å². The van der Waals surface area contributed by atoms with Crippen LogP contribution in [0, 0.1) is 11.8 Å². The van der Waals surface area contributed by atoms with E-state index in [-0.39, 0.29) is 6.10 Å². The highest BCUT2D eigenvalue weighted by Crippen LogP contribution is 2.34. The van der Waals surface area contributed by atoms with Crippen LogP contribution in [0.5, 0.6) is 17.2 Å². The Labute approximate surface area is 120 Å². The van der Waals surface area contributed by atoms with Gasteiger partial charge >= 0.3 is 0 Å². The van der Waals surface area contributed by atoms with Gasteiger partial charge in [-0.05, 0) is 24.7 Å². The first kappa shape index (κ1) is 15.0. The van der Waals surface area contributed by atoms with Crippen LogP contribution in [0.2, 0.25) is 0 Å². The highest BCUT2D eigenvalue weighted by atomic mass is 16.5. The van der Waals surface area contributed by atoms with Crippen molar-refractivity contribution in [3.8, 4) is 17.2 Å². The van der Waals surface area contributed by atoms with Crippen molar-refractivity contribution >= 4 is 0 Å². The Morgan fingerprint density at radius 1 is 0.950 bits per heavy atom. The molecule has 1 aliphatic carbocycles. The standard InChI is InChI=1S/C16H24O4/c1-10-5-11(2)16(15(17)6-10)20-14-8-12(18-3)7-13(9-14)19-4/h7-11,15-17H,5-6H2,1-4H3. The molecular formula is C16H24O4. The largest absolute Gasteiger partial charge is 0.496 e. The molecule has 1 aromatic rings. The van der Waals surface area contributed by atoms with E-state index in [1.54, 1.807) is 20.3 Å². The Morgan fingerprint density at radius 2 is 1.50 bits per heavy atom. The average molecular weight is 280 g/mol. The number of methoxy groups -OCH3 is 2. The van der Waals surface area contributed by atoms with E-state index < -0.39 is 6.10 Å². The third-order valence-electron chi connectivity index (χ3n) is 3.96. The summed E-state index contributed by atoms with van der Waals surface area (Å²) in [5.41, 5.74) is 0. The molecule has 0 saturated heterocycles. The number of hydrogen-bond acceptors (Lipinski definition) is 4. The molecular weight excluding hydrogens is 256 g/mol. The van der Waals surface area contributed by atoms with Crippen molar-refractivity contribution in [2.45, 2.75) is 38.9 Å². The topological polar surface area (TPSA) is 47.9 Å². The summed E-state index contributed by atoms with van der Waals surface area (Å²) < 4.78 is 16.5. The van der Waals surface area contributed by atoms with Crippen LogP contribution in [-0.2, 0) is 0 Å². The van der Waals surface area contributed by atoms with Gasteiger partial charge in [0.2, 0.25) is 0 Å². The molecule has 0 aromatic heterocycles. The molecule has 1 fully saturated rings. The molecule has 112 valence electrons. The van der Waals surface area contributed by atoms with Crippen molar-refractivity contribution < 1.29 is 19.3 Å². The van der Waals surface area contributed by atoms with Crippen molar-refractivity contribution in [2.24, 2.45) is 11.8 Å². The van der Waals surface area contributed by atoms with Crippen molar-refractivity contribution in [1.82, 2.24) is 0 Å². The molecule has 1 saturated carbocycles. The second-order valence-corrected chi connectivity index (χ2v) is 5.75. The first-order chi connectivity index (χ1) is 9.53. The molecule has 4 nitrogen and oxygen atoms in total. The first-order valence-corrected chi connectivity index (χ1v) is 7.11. The molecule has 0 bridgehead atoms. The fourth-order valence-electron chi connectivity index (χ4n) is 2.99. The SMILES string of the molecule is COc1cc(OC)cc(OC2C(C)CC(C)CC2O)c1. The van der Waals surface area contributed by atoms with E-state index in [4.69, 9.17) is 14.2 Å². The number of hydrogen-bond donors (Lipinski definition) is 1. The summed E-state index contributed by atoms with van der Waals surface area (Å²) in [5.74, 6) is 2.91. The molecule has 4 heteroatoms. The third-order valence-corrected chi connectivity index (χ3v) is 3.96. The number of aliphatic hydroxyl groups is 1. The number of aliphatic hydroxyl groups excluding tert-OH is 1. The van der Waals surface area contributed by atoms with Gasteiger partial charge in [0.1, 0.15) is 23.4 Å². The molecule has 1 aromatic carbocycles. The summed E-state index contributed by atoms with van der Waals surface area (Å²) in [6.07, 6.45) is 1.26. The molecule has 20 heavy (non-hydrogen) atoms. The van der Waals surface area contributed by atoms with Gasteiger partial charge in [-0.3, -0.25) is 0 Å². The maximum absolute atomic E-state index is 10.2. The summed E-state index contributed by atoms with van der Waals surface area (Å²) in [4.78, 5) is 0. The minimum Gasteiger partial charge on any atom is -0.496 e. The zero-order valence-electron chi connectivity index (χ0n) is 12.6. The van der Waals surface area contributed by atoms with Crippen LogP contribution in [0.1, 0.15) is 26.7 Å². The average Bonchev–Trinajstić information content (AvgIpc) is 2.42. The minimum atomic E-state index is -0.425. The molecule has 0 amide bonds. The Kier molecular flexibility index (Phi) is 4.76. The van der Waals surface area contributed by atoms with Gasteiger partial charge in [-0.1, -0.05) is 13.8 Å². The van der Waals surface area contributed by atoms with E-state index in [9.17, 15) is 5.11 Å². The lowest BCUT2D eigenvalue weighted by molar-refractivity contribution is -0.0389. The Balaban J connectivity index is 2.16. The lowest BCUT2D eigenvalue weighted by Crippen LogP contribution is -2.43. The maximum Gasteiger partial charge on any atom is 0.127 e. The van der Waals surface area contributed by atoms with Gasteiger partial charge in [0.05, 0.1) is 20.3 Å². The molecule has 0 radical (unpaired) electrons. The van der Waals surface area contributed by atoms with E-state index in [0.29, 0.717) is 29.1 Å². The van der Waals surface area contributed by atoms with Gasteiger partial charge in [0, 0.05) is 18.2 Å². The molecule has 0 spiro atoms. The molecule has 1 N–H and O–H groups in total. The van der Waals surface area contributed by atoms with Gasteiger partial charge in [0.15, 0.2) is 0 Å². The van der Waals surface area contributed by atoms with Crippen LogP contribution in [0.15, 0.2) is 18.2 Å². The maximum atomic E-state index is 10.2.